The van der Waals surface area contributed by atoms with Gasteiger partial charge in [-0.1, -0.05) is 0 Å². The summed E-state index contributed by atoms with van der Waals surface area (Å²) < 4.78 is 39.4. The smallest absolute Gasteiger partial charge is 0.183 e. The predicted octanol–water partition coefficient (Wildman–Crippen LogP) is 1.39. The van der Waals surface area contributed by atoms with E-state index in [1.54, 1.807) is 23.9 Å². The summed E-state index contributed by atoms with van der Waals surface area (Å²) in [5.74, 6) is -0.291. The summed E-state index contributed by atoms with van der Waals surface area (Å²) in [7, 11) is -3.68. The molecular formula is C12H14FN3O2S. The van der Waals surface area contributed by atoms with Crippen molar-refractivity contribution in [1.29, 1.82) is 0 Å². The number of hydrogen-bond donors (Lipinski definition) is 1. The van der Waals surface area contributed by atoms with E-state index in [1.807, 2.05) is 0 Å². The van der Waals surface area contributed by atoms with E-state index in [2.05, 4.69) is 4.98 Å². The highest BCUT2D eigenvalue weighted by atomic mass is 32.2. The van der Waals surface area contributed by atoms with Gasteiger partial charge in [0.15, 0.2) is 9.84 Å². The summed E-state index contributed by atoms with van der Waals surface area (Å²) in [5, 5.41) is 0. The monoisotopic (exact) mass is 283 g/mol. The summed E-state index contributed by atoms with van der Waals surface area (Å²) in [6.07, 6.45) is 3.27. The highest BCUT2D eigenvalue weighted by molar-refractivity contribution is 7.91. The molecule has 0 unspecified atom stereocenters. The van der Waals surface area contributed by atoms with Crippen molar-refractivity contribution in [3.8, 4) is 0 Å². The molecule has 0 aliphatic carbocycles. The van der Waals surface area contributed by atoms with E-state index in [0.717, 1.165) is 6.07 Å². The molecule has 1 aromatic carbocycles. The van der Waals surface area contributed by atoms with Crippen LogP contribution < -0.4 is 5.73 Å². The average molecular weight is 283 g/mol. The fourth-order valence-corrected chi connectivity index (χ4v) is 3.03. The summed E-state index contributed by atoms with van der Waals surface area (Å²) in [6, 6.07) is 3.58. The van der Waals surface area contributed by atoms with E-state index in [1.165, 1.54) is 12.1 Å². The molecule has 2 rings (SSSR count). The molecule has 0 fully saturated rings. The Kier molecular flexibility index (Phi) is 3.57. The van der Waals surface area contributed by atoms with E-state index in [-0.39, 0.29) is 22.9 Å². The van der Waals surface area contributed by atoms with E-state index in [0.29, 0.717) is 5.82 Å². The molecule has 0 saturated heterocycles. The zero-order valence-electron chi connectivity index (χ0n) is 10.4. The van der Waals surface area contributed by atoms with Gasteiger partial charge in [-0.25, -0.2) is 17.8 Å². The molecule has 0 radical (unpaired) electrons. The first-order valence-electron chi connectivity index (χ1n) is 5.65. The Bertz CT molecular complexity index is 695. The van der Waals surface area contributed by atoms with Crippen LogP contribution in [0.1, 0.15) is 5.82 Å². The van der Waals surface area contributed by atoms with Crippen molar-refractivity contribution in [2.75, 3.05) is 11.5 Å². The molecule has 102 valence electrons. The quantitative estimate of drug-likeness (QED) is 0.860. The Morgan fingerprint density at radius 2 is 2.16 bits per heavy atom. The molecule has 0 amide bonds. The number of nitrogens with zero attached hydrogens (tertiary/aromatic N) is 2. The first-order chi connectivity index (χ1) is 8.90. The first kappa shape index (κ1) is 13.5. The summed E-state index contributed by atoms with van der Waals surface area (Å²) >= 11 is 0. The summed E-state index contributed by atoms with van der Waals surface area (Å²) in [5.41, 5.74) is 5.59. The van der Waals surface area contributed by atoms with Gasteiger partial charge in [-0.05, 0) is 25.1 Å². The van der Waals surface area contributed by atoms with Gasteiger partial charge in [0.25, 0.3) is 0 Å². The molecule has 2 aromatic rings. The second kappa shape index (κ2) is 5.00. The number of sulfone groups is 1. The van der Waals surface area contributed by atoms with Crippen LogP contribution >= 0.6 is 0 Å². The number of halogens is 1. The zero-order chi connectivity index (χ0) is 14.0. The Balaban J connectivity index is 2.21. The van der Waals surface area contributed by atoms with Crippen molar-refractivity contribution in [2.24, 2.45) is 0 Å². The van der Waals surface area contributed by atoms with Crippen molar-refractivity contribution < 1.29 is 12.8 Å². The Morgan fingerprint density at radius 1 is 1.42 bits per heavy atom. The molecule has 0 aliphatic heterocycles. The van der Waals surface area contributed by atoms with Crippen LogP contribution in [0.4, 0.5) is 10.1 Å². The minimum atomic E-state index is -3.68. The third-order valence-corrected chi connectivity index (χ3v) is 4.54. The van der Waals surface area contributed by atoms with Crippen LogP contribution in [0, 0.1) is 12.7 Å². The predicted molar refractivity (Wildman–Crippen MR) is 69.8 cm³/mol. The fraction of sp³-hybridized carbons (Fsp3) is 0.250. The Morgan fingerprint density at radius 3 is 2.74 bits per heavy atom. The lowest BCUT2D eigenvalue weighted by atomic mass is 10.3. The molecule has 0 bridgehead atoms. The molecule has 1 heterocycles. The summed E-state index contributed by atoms with van der Waals surface area (Å²) in [6.45, 7) is 2.01. The number of nitrogen functional groups attached to an aromatic ring is 1. The van der Waals surface area contributed by atoms with Gasteiger partial charge >= 0.3 is 0 Å². The van der Waals surface area contributed by atoms with Gasteiger partial charge < -0.3 is 10.3 Å². The number of rotatable bonds is 4. The zero-order valence-corrected chi connectivity index (χ0v) is 11.2. The molecule has 19 heavy (non-hydrogen) atoms. The lowest BCUT2D eigenvalue weighted by Gasteiger charge is -2.08. The lowest BCUT2D eigenvalue weighted by Crippen LogP contribution is -2.15. The largest absolute Gasteiger partial charge is 0.399 e. The highest BCUT2D eigenvalue weighted by Gasteiger charge is 2.19. The molecular weight excluding hydrogens is 269 g/mol. The first-order valence-corrected chi connectivity index (χ1v) is 7.31. The number of benzene rings is 1. The highest BCUT2D eigenvalue weighted by Crippen LogP contribution is 2.18. The molecule has 0 aliphatic rings. The lowest BCUT2D eigenvalue weighted by molar-refractivity contribution is 0.562. The number of hydrogen-bond acceptors (Lipinski definition) is 4. The van der Waals surface area contributed by atoms with Crippen LogP contribution in [0.3, 0.4) is 0 Å². The Hall–Kier alpha value is -1.89. The van der Waals surface area contributed by atoms with E-state index in [9.17, 15) is 12.8 Å². The van der Waals surface area contributed by atoms with Crippen molar-refractivity contribution in [3.05, 3.63) is 42.2 Å². The van der Waals surface area contributed by atoms with Crippen LogP contribution in [0.2, 0.25) is 0 Å². The molecule has 1 aromatic heterocycles. The minimum absolute atomic E-state index is 0.189. The number of nitrogens with two attached hydrogens (primary N) is 1. The van der Waals surface area contributed by atoms with Crippen molar-refractivity contribution in [2.45, 2.75) is 18.4 Å². The minimum Gasteiger partial charge on any atom is -0.399 e. The maximum Gasteiger partial charge on any atom is 0.183 e. The Labute approximate surface area is 110 Å². The fourth-order valence-electron chi connectivity index (χ4n) is 1.74. The van der Waals surface area contributed by atoms with Crippen molar-refractivity contribution in [3.63, 3.8) is 0 Å². The van der Waals surface area contributed by atoms with Gasteiger partial charge in [0.1, 0.15) is 16.5 Å². The van der Waals surface area contributed by atoms with Gasteiger partial charge in [0, 0.05) is 24.6 Å². The maximum absolute atomic E-state index is 13.6. The van der Waals surface area contributed by atoms with Crippen LogP contribution in [0.5, 0.6) is 0 Å². The number of anilines is 1. The average Bonchev–Trinajstić information content (AvgIpc) is 2.72. The third kappa shape index (κ3) is 2.93. The number of aromatic nitrogens is 2. The molecule has 2 N–H and O–H groups in total. The second-order valence-corrected chi connectivity index (χ2v) is 6.25. The van der Waals surface area contributed by atoms with Gasteiger partial charge in [-0.3, -0.25) is 0 Å². The second-order valence-electron chi connectivity index (χ2n) is 4.18. The standard InChI is InChI=1S/C12H14FN3O2S/c1-9-15-4-5-16(9)6-7-19(17,18)12-3-2-10(14)8-11(12)13/h2-5,8H,6-7,14H2,1H3. The van der Waals surface area contributed by atoms with Gasteiger partial charge in [-0.15, -0.1) is 0 Å². The van der Waals surface area contributed by atoms with Crippen LogP contribution in [0.15, 0.2) is 35.5 Å². The van der Waals surface area contributed by atoms with Crippen molar-refractivity contribution >= 4 is 15.5 Å². The van der Waals surface area contributed by atoms with Crippen molar-refractivity contribution in [1.82, 2.24) is 9.55 Å². The molecule has 0 atom stereocenters. The van der Waals surface area contributed by atoms with Crippen LogP contribution in [-0.4, -0.2) is 23.7 Å². The third-order valence-electron chi connectivity index (χ3n) is 2.82. The maximum atomic E-state index is 13.6. The van der Waals surface area contributed by atoms with Gasteiger partial charge in [0.2, 0.25) is 0 Å². The van der Waals surface area contributed by atoms with Gasteiger partial charge in [-0.2, -0.15) is 0 Å². The molecule has 5 nitrogen and oxygen atoms in total. The van der Waals surface area contributed by atoms with E-state index < -0.39 is 15.7 Å². The van der Waals surface area contributed by atoms with Gasteiger partial charge in [0.05, 0.1) is 5.75 Å². The van der Waals surface area contributed by atoms with Crippen LogP contribution in [-0.2, 0) is 16.4 Å². The topological polar surface area (TPSA) is 78.0 Å². The molecule has 7 heteroatoms. The number of imidazole rings is 1. The normalized spacial score (nSPS) is 11.7. The SMILES string of the molecule is Cc1nccn1CCS(=O)(=O)c1ccc(N)cc1F. The van der Waals surface area contributed by atoms with E-state index in [4.69, 9.17) is 5.73 Å². The van der Waals surface area contributed by atoms with E-state index >= 15 is 0 Å². The van der Waals surface area contributed by atoms with Crippen LogP contribution in [0.25, 0.3) is 0 Å². The summed E-state index contributed by atoms with van der Waals surface area (Å²) in [4.78, 5) is 3.68. The number of aryl methyl sites for hydroxylation is 2. The molecule has 0 saturated carbocycles. The molecule has 0 spiro atoms.